The highest BCUT2D eigenvalue weighted by Crippen LogP contribution is 2.25. The van der Waals surface area contributed by atoms with Crippen LogP contribution in [0.2, 0.25) is 0 Å². The summed E-state index contributed by atoms with van der Waals surface area (Å²) in [7, 11) is 1.53. The van der Waals surface area contributed by atoms with E-state index in [4.69, 9.17) is 4.74 Å². The van der Waals surface area contributed by atoms with Crippen LogP contribution >= 0.6 is 15.9 Å². The van der Waals surface area contributed by atoms with Crippen molar-refractivity contribution in [3.8, 4) is 5.75 Å². The second-order valence-corrected chi connectivity index (χ2v) is 8.52. The number of benzene rings is 3. The fourth-order valence-electron chi connectivity index (χ4n) is 3.78. The number of anilines is 2. The van der Waals surface area contributed by atoms with Gasteiger partial charge in [-0.15, -0.1) is 0 Å². The van der Waals surface area contributed by atoms with Crippen molar-refractivity contribution in [2.75, 3.05) is 43.5 Å². The van der Waals surface area contributed by atoms with Gasteiger partial charge in [-0.3, -0.25) is 9.59 Å². The maximum Gasteiger partial charge on any atom is 0.259 e. The van der Waals surface area contributed by atoms with Crippen molar-refractivity contribution in [1.82, 2.24) is 4.90 Å². The molecule has 3 aromatic carbocycles. The molecular formula is C25H23BrFN3O3. The van der Waals surface area contributed by atoms with E-state index >= 15 is 0 Å². The molecule has 1 saturated heterocycles. The number of amides is 2. The minimum Gasteiger partial charge on any atom is -0.496 e. The lowest BCUT2D eigenvalue weighted by Crippen LogP contribution is -2.49. The zero-order valence-corrected chi connectivity index (χ0v) is 19.6. The highest BCUT2D eigenvalue weighted by Gasteiger charge is 2.24. The lowest BCUT2D eigenvalue weighted by atomic mass is 10.1. The molecule has 1 fully saturated rings. The summed E-state index contributed by atoms with van der Waals surface area (Å²) in [6.45, 7) is 2.30. The Labute approximate surface area is 200 Å². The van der Waals surface area contributed by atoms with Gasteiger partial charge in [0.25, 0.3) is 11.8 Å². The molecule has 1 aliphatic rings. The minimum atomic E-state index is -0.497. The van der Waals surface area contributed by atoms with Crippen LogP contribution in [-0.4, -0.2) is 50.0 Å². The Kier molecular flexibility index (Phi) is 6.93. The van der Waals surface area contributed by atoms with Crippen molar-refractivity contribution in [3.05, 3.63) is 88.1 Å². The first-order valence-electron chi connectivity index (χ1n) is 10.5. The second kappa shape index (κ2) is 10.0. The van der Waals surface area contributed by atoms with E-state index in [-0.39, 0.29) is 17.4 Å². The predicted molar refractivity (Wildman–Crippen MR) is 130 cm³/mol. The Balaban J connectivity index is 1.37. The summed E-state index contributed by atoms with van der Waals surface area (Å²) in [4.78, 5) is 29.1. The van der Waals surface area contributed by atoms with Crippen molar-refractivity contribution in [2.24, 2.45) is 0 Å². The van der Waals surface area contributed by atoms with Gasteiger partial charge in [0.05, 0.1) is 18.2 Å². The molecule has 0 radical (unpaired) electrons. The predicted octanol–water partition coefficient (Wildman–Crippen LogP) is 4.81. The van der Waals surface area contributed by atoms with Crippen molar-refractivity contribution in [3.63, 3.8) is 0 Å². The zero-order valence-electron chi connectivity index (χ0n) is 18.1. The number of hydrogen-bond acceptors (Lipinski definition) is 4. The standard InChI is InChI=1S/C25H23BrFN3O3/c1-33-23-11-6-17(26)16-21(23)24(31)28-18-7-9-19(10-8-18)29-12-14-30(15-13-29)25(32)20-4-2-3-5-22(20)27/h2-11,16H,12-15H2,1H3,(H,28,31). The molecule has 0 bridgehead atoms. The summed E-state index contributed by atoms with van der Waals surface area (Å²) in [6.07, 6.45) is 0. The third-order valence-electron chi connectivity index (χ3n) is 5.57. The molecule has 1 aliphatic heterocycles. The number of nitrogens with zero attached hydrogens (tertiary/aromatic N) is 2. The monoisotopic (exact) mass is 511 g/mol. The number of nitrogens with one attached hydrogen (secondary N) is 1. The highest BCUT2D eigenvalue weighted by atomic mass is 79.9. The van der Waals surface area contributed by atoms with E-state index in [1.54, 1.807) is 29.2 Å². The summed E-state index contributed by atoms with van der Waals surface area (Å²) < 4.78 is 20.0. The third kappa shape index (κ3) is 5.17. The Morgan fingerprint density at radius 2 is 1.64 bits per heavy atom. The van der Waals surface area contributed by atoms with Crippen LogP contribution in [0.4, 0.5) is 15.8 Å². The normalized spacial score (nSPS) is 13.5. The van der Waals surface area contributed by atoms with Gasteiger partial charge in [-0.05, 0) is 54.6 Å². The molecule has 0 aliphatic carbocycles. The maximum absolute atomic E-state index is 13.9. The molecule has 0 unspecified atom stereocenters. The summed E-state index contributed by atoms with van der Waals surface area (Å²) in [6, 6.07) is 18.9. The fraction of sp³-hybridized carbons (Fsp3) is 0.200. The van der Waals surface area contributed by atoms with E-state index in [9.17, 15) is 14.0 Å². The number of ether oxygens (including phenoxy) is 1. The number of methoxy groups -OCH3 is 1. The molecule has 2 amide bonds. The largest absolute Gasteiger partial charge is 0.496 e. The topological polar surface area (TPSA) is 61.9 Å². The number of piperazine rings is 1. The third-order valence-corrected chi connectivity index (χ3v) is 6.06. The van der Waals surface area contributed by atoms with E-state index in [1.165, 1.54) is 19.2 Å². The Hall–Kier alpha value is -3.39. The molecule has 8 heteroatoms. The molecule has 6 nitrogen and oxygen atoms in total. The summed E-state index contributed by atoms with van der Waals surface area (Å²) >= 11 is 3.38. The number of halogens is 2. The van der Waals surface area contributed by atoms with Crippen molar-refractivity contribution in [1.29, 1.82) is 0 Å². The van der Waals surface area contributed by atoms with Crippen LogP contribution in [-0.2, 0) is 0 Å². The summed E-state index contributed by atoms with van der Waals surface area (Å²) in [5, 5.41) is 2.89. The highest BCUT2D eigenvalue weighted by molar-refractivity contribution is 9.10. The quantitative estimate of drug-likeness (QED) is 0.533. The molecule has 0 saturated carbocycles. The van der Waals surface area contributed by atoms with Crippen LogP contribution in [0.5, 0.6) is 5.75 Å². The molecule has 1 heterocycles. The van der Waals surface area contributed by atoms with Gasteiger partial charge in [0, 0.05) is 42.0 Å². The molecule has 0 atom stereocenters. The summed E-state index contributed by atoms with van der Waals surface area (Å²) in [5.74, 6) is -0.548. The lowest BCUT2D eigenvalue weighted by Gasteiger charge is -2.36. The molecule has 170 valence electrons. The van der Waals surface area contributed by atoms with Crippen LogP contribution in [0, 0.1) is 5.82 Å². The molecule has 0 aromatic heterocycles. The Morgan fingerprint density at radius 3 is 2.30 bits per heavy atom. The minimum absolute atomic E-state index is 0.105. The fourth-order valence-corrected chi connectivity index (χ4v) is 4.15. The van der Waals surface area contributed by atoms with Crippen LogP contribution in [0.3, 0.4) is 0 Å². The van der Waals surface area contributed by atoms with Crippen molar-refractivity contribution >= 4 is 39.1 Å². The first-order valence-corrected chi connectivity index (χ1v) is 11.3. The van der Waals surface area contributed by atoms with Gasteiger partial charge in [-0.1, -0.05) is 28.1 Å². The number of hydrogen-bond donors (Lipinski definition) is 1. The van der Waals surface area contributed by atoms with Gasteiger partial charge in [0.2, 0.25) is 0 Å². The number of carbonyl (C=O) groups is 2. The van der Waals surface area contributed by atoms with E-state index < -0.39 is 5.82 Å². The van der Waals surface area contributed by atoms with Crippen molar-refractivity contribution in [2.45, 2.75) is 0 Å². The average Bonchev–Trinajstić information content (AvgIpc) is 2.84. The number of carbonyl (C=O) groups excluding carboxylic acids is 2. The van der Waals surface area contributed by atoms with E-state index in [0.717, 1.165) is 10.2 Å². The average molecular weight is 512 g/mol. The first kappa shape index (κ1) is 22.8. The molecule has 33 heavy (non-hydrogen) atoms. The van der Waals surface area contributed by atoms with Gasteiger partial charge >= 0.3 is 0 Å². The van der Waals surface area contributed by atoms with Gasteiger partial charge in [0.15, 0.2) is 0 Å². The van der Waals surface area contributed by atoms with Crippen LogP contribution in [0.1, 0.15) is 20.7 Å². The van der Waals surface area contributed by atoms with E-state index in [0.29, 0.717) is 43.2 Å². The SMILES string of the molecule is COc1ccc(Br)cc1C(=O)Nc1ccc(N2CCN(C(=O)c3ccccc3F)CC2)cc1. The number of rotatable bonds is 5. The summed E-state index contributed by atoms with van der Waals surface area (Å²) in [5.41, 5.74) is 2.20. The Morgan fingerprint density at radius 1 is 0.939 bits per heavy atom. The first-order chi connectivity index (χ1) is 16.0. The zero-order chi connectivity index (χ0) is 23.4. The van der Waals surface area contributed by atoms with Crippen LogP contribution in [0.25, 0.3) is 0 Å². The van der Waals surface area contributed by atoms with Gasteiger partial charge in [0.1, 0.15) is 11.6 Å². The molecular weight excluding hydrogens is 489 g/mol. The van der Waals surface area contributed by atoms with Gasteiger partial charge in [-0.25, -0.2) is 4.39 Å². The molecule has 4 rings (SSSR count). The van der Waals surface area contributed by atoms with Gasteiger partial charge < -0.3 is 19.9 Å². The van der Waals surface area contributed by atoms with Gasteiger partial charge in [-0.2, -0.15) is 0 Å². The molecule has 3 aromatic rings. The van der Waals surface area contributed by atoms with Crippen molar-refractivity contribution < 1.29 is 18.7 Å². The van der Waals surface area contributed by atoms with Crippen LogP contribution in [0.15, 0.2) is 71.2 Å². The lowest BCUT2D eigenvalue weighted by molar-refractivity contribution is 0.0742. The molecule has 1 N–H and O–H groups in total. The molecule has 0 spiro atoms. The Bertz CT molecular complexity index is 1160. The van der Waals surface area contributed by atoms with Crippen LogP contribution < -0.4 is 15.0 Å². The maximum atomic E-state index is 13.9. The van der Waals surface area contributed by atoms with E-state index in [1.807, 2.05) is 30.3 Å². The smallest absolute Gasteiger partial charge is 0.259 e. The van der Waals surface area contributed by atoms with E-state index in [2.05, 4.69) is 26.1 Å². The second-order valence-electron chi connectivity index (χ2n) is 7.60.